The lowest BCUT2D eigenvalue weighted by molar-refractivity contribution is 0.0530. The van der Waals surface area contributed by atoms with Gasteiger partial charge in [-0.3, -0.25) is 4.79 Å². The van der Waals surface area contributed by atoms with Gasteiger partial charge in [0.05, 0.1) is 10.9 Å². The topological polar surface area (TPSA) is 50.5 Å². The summed E-state index contributed by atoms with van der Waals surface area (Å²) in [4.78, 5) is 27.0. The molecule has 23 heavy (non-hydrogen) atoms. The first-order valence-corrected chi connectivity index (χ1v) is 8.22. The number of carbonyl (C=O) groups is 1. The minimum absolute atomic E-state index is 0.141. The maximum atomic E-state index is 13.0. The van der Waals surface area contributed by atoms with E-state index in [1.54, 1.807) is 18.2 Å². The fourth-order valence-electron chi connectivity index (χ4n) is 3.91. The molecule has 1 aliphatic heterocycles. The summed E-state index contributed by atoms with van der Waals surface area (Å²) in [6.07, 6.45) is 9.71. The first kappa shape index (κ1) is 14.2. The second-order valence-electron chi connectivity index (χ2n) is 6.47. The van der Waals surface area contributed by atoms with Crippen molar-refractivity contribution in [3.8, 4) is 0 Å². The van der Waals surface area contributed by atoms with Gasteiger partial charge in [-0.2, -0.15) is 0 Å². The predicted molar refractivity (Wildman–Crippen MR) is 88.5 cm³/mol. The van der Waals surface area contributed by atoms with Gasteiger partial charge in [0.15, 0.2) is 5.76 Å². The first-order valence-electron chi connectivity index (χ1n) is 8.22. The SMILES string of the molecule is O=C(c1cc2ccccc2c(=O)o1)N1CC=CC12CCCCC2. The van der Waals surface area contributed by atoms with Gasteiger partial charge >= 0.3 is 5.63 Å². The predicted octanol–water partition coefficient (Wildman–Crippen LogP) is 3.51. The second-order valence-corrected chi connectivity index (χ2v) is 6.47. The highest BCUT2D eigenvalue weighted by Crippen LogP contribution is 2.38. The van der Waals surface area contributed by atoms with Gasteiger partial charge in [-0.1, -0.05) is 49.6 Å². The zero-order valence-electron chi connectivity index (χ0n) is 13.0. The zero-order valence-corrected chi connectivity index (χ0v) is 13.0. The average molecular weight is 309 g/mol. The minimum Gasteiger partial charge on any atom is -0.417 e. The second kappa shape index (κ2) is 5.37. The smallest absolute Gasteiger partial charge is 0.344 e. The van der Waals surface area contributed by atoms with Gasteiger partial charge in [0.1, 0.15) is 0 Å². The van der Waals surface area contributed by atoms with Gasteiger partial charge in [0.25, 0.3) is 5.91 Å². The molecule has 1 fully saturated rings. The summed E-state index contributed by atoms with van der Waals surface area (Å²) in [5.74, 6) is -0.0397. The van der Waals surface area contributed by atoms with E-state index in [4.69, 9.17) is 4.42 Å². The highest BCUT2D eigenvalue weighted by molar-refractivity contribution is 5.96. The van der Waals surface area contributed by atoms with E-state index in [0.717, 1.165) is 31.1 Å². The number of nitrogens with zero attached hydrogens (tertiary/aromatic N) is 1. The number of hydrogen-bond donors (Lipinski definition) is 0. The molecule has 1 amide bonds. The molecular weight excluding hydrogens is 290 g/mol. The lowest BCUT2D eigenvalue weighted by Crippen LogP contribution is -2.48. The van der Waals surface area contributed by atoms with E-state index in [1.807, 2.05) is 17.0 Å². The lowest BCUT2D eigenvalue weighted by Gasteiger charge is -2.40. The van der Waals surface area contributed by atoms with Gasteiger partial charge in [-0.05, 0) is 30.4 Å². The Morgan fingerprint density at radius 2 is 1.91 bits per heavy atom. The summed E-state index contributed by atoms with van der Waals surface area (Å²) in [6, 6.07) is 8.89. The Morgan fingerprint density at radius 1 is 1.13 bits per heavy atom. The van der Waals surface area contributed by atoms with Crippen LogP contribution >= 0.6 is 0 Å². The van der Waals surface area contributed by atoms with Crippen molar-refractivity contribution >= 4 is 16.7 Å². The van der Waals surface area contributed by atoms with Crippen molar-refractivity contribution in [1.82, 2.24) is 4.90 Å². The zero-order chi connectivity index (χ0) is 15.9. The highest BCUT2D eigenvalue weighted by Gasteiger charge is 2.41. The quantitative estimate of drug-likeness (QED) is 0.757. The molecular formula is C19H19NO3. The van der Waals surface area contributed by atoms with Crippen LogP contribution in [0, 0.1) is 0 Å². The fourth-order valence-corrected chi connectivity index (χ4v) is 3.91. The van der Waals surface area contributed by atoms with E-state index in [1.165, 1.54) is 6.42 Å². The Labute approximate surface area is 134 Å². The maximum Gasteiger partial charge on any atom is 0.344 e. The molecule has 0 radical (unpaired) electrons. The highest BCUT2D eigenvalue weighted by atomic mass is 16.4. The van der Waals surface area contributed by atoms with Crippen LogP contribution in [0.5, 0.6) is 0 Å². The Hall–Kier alpha value is -2.36. The molecule has 1 aromatic carbocycles. The van der Waals surface area contributed by atoms with Crippen LogP contribution in [0.25, 0.3) is 10.8 Å². The molecule has 4 heteroatoms. The minimum atomic E-state index is -0.448. The van der Waals surface area contributed by atoms with E-state index < -0.39 is 5.63 Å². The van der Waals surface area contributed by atoms with Crippen molar-refractivity contribution in [2.75, 3.05) is 6.54 Å². The molecule has 1 saturated carbocycles. The average Bonchev–Trinajstić information content (AvgIpc) is 2.97. The summed E-state index contributed by atoms with van der Waals surface area (Å²) < 4.78 is 5.32. The molecule has 1 spiro atoms. The van der Waals surface area contributed by atoms with E-state index in [9.17, 15) is 9.59 Å². The molecule has 0 atom stereocenters. The third-order valence-corrected chi connectivity index (χ3v) is 5.10. The first-order chi connectivity index (χ1) is 11.2. The van der Waals surface area contributed by atoms with Crippen molar-refractivity contribution in [2.24, 2.45) is 0 Å². The van der Waals surface area contributed by atoms with Crippen molar-refractivity contribution in [2.45, 2.75) is 37.6 Å². The molecule has 0 unspecified atom stereocenters. The van der Waals surface area contributed by atoms with Crippen molar-refractivity contribution in [3.05, 3.63) is 58.7 Å². The van der Waals surface area contributed by atoms with Gasteiger partial charge in [-0.25, -0.2) is 4.79 Å². The maximum absolute atomic E-state index is 13.0. The summed E-state index contributed by atoms with van der Waals surface area (Å²) in [7, 11) is 0. The van der Waals surface area contributed by atoms with Crippen LogP contribution in [0.4, 0.5) is 0 Å². The Morgan fingerprint density at radius 3 is 2.74 bits per heavy atom. The Bertz CT molecular complexity index is 843. The molecule has 2 heterocycles. The van der Waals surface area contributed by atoms with E-state index in [-0.39, 0.29) is 17.2 Å². The summed E-state index contributed by atoms with van der Waals surface area (Å²) in [6.45, 7) is 0.593. The molecule has 4 nitrogen and oxygen atoms in total. The summed E-state index contributed by atoms with van der Waals surface area (Å²) >= 11 is 0. The van der Waals surface area contributed by atoms with Crippen LogP contribution in [-0.2, 0) is 0 Å². The summed E-state index contributed by atoms with van der Waals surface area (Å²) in [5.41, 5.74) is -0.629. The van der Waals surface area contributed by atoms with Crippen LogP contribution in [0.2, 0.25) is 0 Å². The molecule has 0 N–H and O–H groups in total. The van der Waals surface area contributed by atoms with Crippen LogP contribution < -0.4 is 5.63 Å². The molecule has 1 aromatic heterocycles. The van der Waals surface area contributed by atoms with E-state index in [2.05, 4.69) is 12.2 Å². The fraction of sp³-hybridized carbons (Fsp3) is 0.368. The number of benzene rings is 1. The number of hydrogen-bond acceptors (Lipinski definition) is 3. The van der Waals surface area contributed by atoms with Crippen LogP contribution in [-0.4, -0.2) is 22.9 Å². The van der Waals surface area contributed by atoms with Crippen molar-refractivity contribution < 1.29 is 9.21 Å². The molecule has 1 aliphatic carbocycles. The normalized spacial score (nSPS) is 19.6. The molecule has 118 valence electrons. The molecule has 0 saturated heterocycles. The molecule has 2 aliphatic rings. The van der Waals surface area contributed by atoms with E-state index >= 15 is 0 Å². The molecule has 4 rings (SSSR count). The van der Waals surface area contributed by atoms with Crippen LogP contribution in [0.3, 0.4) is 0 Å². The molecule has 2 aromatic rings. The van der Waals surface area contributed by atoms with Crippen LogP contribution in [0.15, 0.2) is 51.7 Å². The van der Waals surface area contributed by atoms with Crippen LogP contribution in [0.1, 0.15) is 42.7 Å². The number of rotatable bonds is 1. The number of amides is 1. The van der Waals surface area contributed by atoms with Gasteiger partial charge in [0, 0.05) is 6.54 Å². The van der Waals surface area contributed by atoms with Crippen molar-refractivity contribution in [1.29, 1.82) is 0 Å². The van der Waals surface area contributed by atoms with Gasteiger partial charge in [-0.15, -0.1) is 0 Å². The van der Waals surface area contributed by atoms with E-state index in [0.29, 0.717) is 11.9 Å². The largest absolute Gasteiger partial charge is 0.417 e. The Kier molecular flexibility index (Phi) is 3.33. The van der Waals surface area contributed by atoms with Crippen molar-refractivity contribution in [3.63, 3.8) is 0 Å². The summed E-state index contributed by atoms with van der Waals surface area (Å²) in [5, 5.41) is 1.26. The van der Waals surface area contributed by atoms with Gasteiger partial charge in [0.2, 0.25) is 0 Å². The Balaban J connectivity index is 1.73. The third kappa shape index (κ3) is 2.29. The number of carbonyl (C=O) groups excluding carboxylic acids is 1. The lowest BCUT2D eigenvalue weighted by atomic mass is 9.81. The van der Waals surface area contributed by atoms with Gasteiger partial charge < -0.3 is 9.32 Å². The standard InChI is InChI=1S/C19H19NO3/c21-17(20-12-6-11-19(20)9-4-1-5-10-19)16-13-14-7-2-3-8-15(14)18(22)23-16/h2-3,6-8,11,13H,1,4-5,9-10,12H2. The monoisotopic (exact) mass is 309 g/mol. The molecule has 0 bridgehead atoms. The number of fused-ring (bicyclic) bond motifs is 1. The third-order valence-electron chi connectivity index (χ3n) is 5.10.